The van der Waals surface area contributed by atoms with Crippen LogP contribution in [0.25, 0.3) is 0 Å². The lowest BCUT2D eigenvalue weighted by molar-refractivity contribution is -0.137. The van der Waals surface area contributed by atoms with E-state index in [1.54, 1.807) is 16.2 Å². The molecule has 0 radical (unpaired) electrons. The Morgan fingerprint density at radius 2 is 2.19 bits per heavy atom. The van der Waals surface area contributed by atoms with Crippen LogP contribution in [0.5, 0.6) is 0 Å². The summed E-state index contributed by atoms with van der Waals surface area (Å²) in [5, 5.41) is 18.8. The second-order valence-corrected chi connectivity index (χ2v) is 10.5. The average Bonchev–Trinajstić information content (AvgIpc) is 3.40. The third-order valence-electron chi connectivity index (χ3n) is 5.09. The lowest BCUT2D eigenvalue weighted by Gasteiger charge is -2.37. The number of esters is 1. The number of carbonyl (C=O) groups excluding carboxylic acids is 2. The number of nitrogens with two attached hydrogens (primary N) is 1. The smallest absolute Gasteiger partial charge is 0.316 e. The first-order chi connectivity index (χ1) is 14.9. The number of rotatable bonds is 5. The summed E-state index contributed by atoms with van der Waals surface area (Å²) in [6, 6.07) is 6.19. The van der Waals surface area contributed by atoms with E-state index in [1.165, 1.54) is 30.2 Å². The summed E-state index contributed by atoms with van der Waals surface area (Å²) in [5.41, 5.74) is 8.25. The number of thiophene rings is 1. The van der Waals surface area contributed by atoms with Gasteiger partial charge in [0.25, 0.3) is 0 Å². The number of nitriles is 1. The molecule has 0 spiro atoms. The number of aryl methyl sites for hydroxylation is 1. The fraction of sp³-hybridized carbons (Fsp3) is 0.350. The van der Waals surface area contributed by atoms with Crippen molar-refractivity contribution in [3.8, 4) is 6.07 Å². The third kappa shape index (κ3) is 3.98. The zero-order chi connectivity index (χ0) is 22.1. The van der Waals surface area contributed by atoms with E-state index >= 15 is 0 Å². The number of Topliss-reactive ketones (excluding diaryl/α,β-unsaturated/α-hetero) is 1. The van der Waals surface area contributed by atoms with Gasteiger partial charge in [-0.2, -0.15) is 5.26 Å². The van der Waals surface area contributed by atoms with E-state index in [0.29, 0.717) is 39.9 Å². The summed E-state index contributed by atoms with van der Waals surface area (Å²) < 4.78 is 5.23. The normalized spacial score (nSPS) is 18.8. The fourth-order valence-corrected chi connectivity index (χ4v) is 6.44. The zero-order valence-corrected chi connectivity index (χ0v) is 19.3. The van der Waals surface area contributed by atoms with Gasteiger partial charge in [0.05, 0.1) is 30.4 Å². The average molecular weight is 474 g/mol. The van der Waals surface area contributed by atoms with Gasteiger partial charge in [0.1, 0.15) is 5.82 Å². The van der Waals surface area contributed by atoms with Crippen LogP contribution < -0.4 is 10.6 Å². The molecule has 0 saturated carbocycles. The molecular weight excluding hydrogens is 454 g/mol. The van der Waals surface area contributed by atoms with E-state index < -0.39 is 5.92 Å². The van der Waals surface area contributed by atoms with Gasteiger partial charge in [-0.1, -0.05) is 23.1 Å². The minimum absolute atomic E-state index is 0.0346. The van der Waals surface area contributed by atoms with E-state index in [-0.39, 0.29) is 23.3 Å². The number of thioether (sulfide) groups is 1. The quantitative estimate of drug-likeness (QED) is 0.513. The number of nitrogens with zero attached hydrogens (tertiary/aromatic N) is 4. The first-order valence-electron chi connectivity index (χ1n) is 9.50. The molecule has 8 nitrogen and oxygen atoms in total. The molecule has 0 saturated heterocycles. The standard InChI is InChI=1S/C20H19N5O3S3/c1-10-6-7-14(30-10)16-11(8-21)18(22)25(12-4-3-5-13(26)17(12)16)19-23-24-20(31-19)29-9-15(27)28-2/h6-7,16H,3-5,9,22H2,1-2H3. The second-order valence-electron chi connectivity index (χ2n) is 6.98. The van der Waals surface area contributed by atoms with Gasteiger partial charge in [-0.05, 0) is 31.9 Å². The maximum Gasteiger partial charge on any atom is 0.316 e. The fourth-order valence-electron chi connectivity index (χ4n) is 3.73. The van der Waals surface area contributed by atoms with Crippen molar-refractivity contribution in [3.05, 3.63) is 44.6 Å². The van der Waals surface area contributed by atoms with Crippen molar-refractivity contribution >= 4 is 51.3 Å². The zero-order valence-electron chi connectivity index (χ0n) is 16.9. The number of hydrogen-bond donors (Lipinski definition) is 1. The van der Waals surface area contributed by atoms with E-state index in [2.05, 4.69) is 21.0 Å². The Morgan fingerprint density at radius 1 is 1.39 bits per heavy atom. The number of ether oxygens (including phenoxy) is 1. The molecular formula is C20H19N5O3S3. The van der Waals surface area contributed by atoms with Crippen molar-refractivity contribution in [2.75, 3.05) is 17.8 Å². The number of anilines is 1. The van der Waals surface area contributed by atoms with E-state index in [1.807, 2.05) is 19.1 Å². The summed E-state index contributed by atoms with van der Waals surface area (Å²) in [7, 11) is 1.33. The summed E-state index contributed by atoms with van der Waals surface area (Å²) in [6.07, 6.45) is 1.82. The molecule has 4 rings (SSSR count). The highest BCUT2D eigenvalue weighted by molar-refractivity contribution is 8.01. The Labute approximate surface area is 191 Å². The summed E-state index contributed by atoms with van der Waals surface area (Å²) >= 11 is 4.04. The van der Waals surface area contributed by atoms with Crippen LogP contribution in [0.2, 0.25) is 0 Å². The molecule has 2 aromatic heterocycles. The predicted octanol–water partition coefficient (Wildman–Crippen LogP) is 3.48. The maximum absolute atomic E-state index is 13.0. The van der Waals surface area contributed by atoms with E-state index in [0.717, 1.165) is 15.5 Å². The minimum Gasteiger partial charge on any atom is -0.468 e. The Balaban J connectivity index is 1.79. The molecule has 1 aliphatic heterocycles. The number of methoxy groups -OCH3 is 1. The lowest BCUT2D eigenvalue weighted by atomic mass is 9.78. The molecule has 2 N–H and O–H groups in total. The number of carbonyl (C=O) groups is 2. The van der Waals surface area contributed by atoms with Crippen molar-refractivity contribution in [2.24, 2.45) is 5.73 Å². The first kappa shape index (κ1) is 21.5. The van der Waals surface area contributed by atoms with E-state index in [9.17, 15) is 14.9 Å². The van der Waals surface area contributed by atoms with Gasteiger partial charge in [0.15, 0.2) is 10.1 Å². The second kappa shape index (κ2) is 8.82. The molecule has 0 aromatic carbocycles. The molecule has 2 aromatic rings. The van der Waals surface area contributed by atoms with Gasteiger partial charge in [-0.3, -0.25) is 14.5 Å². The number of allylic oxidation sites excluding steroid dienone is 3. The molecule has 1 atom stereocenters. The van der Waals surface area contributed by atoms with Crippen molar-refractivity contribution in [1.29, 1.82) is 5.26 Å². The first-order valence-corrected chi connectivity index (χ1v) is 12.1. The highest BCUT2D eigenvalue weighted by Crippen LogP contribution is 2.48. The molecule has 1 aliphatic carbocycles. The Bertz CT molecular complexity index is 1160. The molecule has 1 unspecified atom stereocenters. The summed E-state index contributed by atoms with van der Waals surface area (Å²) in [6.45, 7) is 2.00. The van der Waals surface area contributed by atoms with Crippen LogP contribution in [0.4, 0.5) is 5.13 Å². The van der Waals surface area contributed by atoms with Crippen LogP contribution in [0.3, 0.4) is 0 Å². The van der Waals surface area contributed by atoms with Gasteiger partial charge in [0.2, 0.25) is 5.13 Å². The molecule has 0 amide bonds. The van der Waals surface area contributed by atoms with Gasteiger partial charge in [-0.15, -0.1) is 21.5 Å². The summed E-state index contributed by atoms with van der Waals surface area (Å²) in [5.74, 6) is -0.390. The monoisotopic (exact) mass is 473 g/mol. The molecule has 0 fully saturated rings. The molecule has 0 bridgehead atoms. The Morgan fingerprint density at radius 3 is 2.87 bits per heavy atom. The van der Waals surface area contributed by atoms with Gasteiger partial charge in [-0.25, -0.2) is 0 Å². The Kier molecular flexibility index (Phi) is 6.13. The molecule has 31 heavy (non-hydrogen) atoms. The molecule has 11 heteroatoms. The minimum atomic E-state index is -0.455. The van der Waals surface area contributed by atoms with Crippen molar-refractivity contribution in [1.82, 2.24) is 10.2 Å². The molecule has 2 aliphatic rings. The van der Waals surface area contributed by atoms with Crippen molar-refractivity contribution in [3.63, 3.8) is 0 Å². The van der Waals surface area contributed by atoms with Crippen LogP contribution in [0.15, 0.2) is 39.1 Å². The van der Waals surface area contributed by atoms with Crippen LogP contribution in [-0.4, -0.2) is 34.8 Å². The largest absolute Gasteiger partial charge is 0.468 e. The third-order valence-corrected chi connectivity index (χ3v) is 8.17. The van der Waals surface area contributed by atoms with Crippen LogP contribution in [-0.2, 0) is 14.3 Å². The number of hydrogen-bond acceptors (Lipinski definition) is 11. The highest BCUT2D eigenvalue weighted by atomic mass is 32.2. The maximum atomic E-state index is 13.0. The van der Waals surface area contributed by atoms with Gasteiger partial charge < -0.3 is 10.5 Å². The topological polar surface area (TPSA) is 122 Å². The highest BCUT2D eigenvalue weighted by Gasteiger charge is 2.41. The number of aromatic nitrogens is 2. The van der Waals surface area contributed by atoms with Crippen LogP contribution >= 0.6 is 34.4 Å². The van der Waals surface area contributed by atoms with Crippen LogP contribution in [0, 0.1) is 18.3 Å². The van der Waals surface area contributed by atoms with Crippen molar-refractivity contribution < 1.29 is 14.3 Å². The molecule has 160 valence electrons. The predicted molar refractivity (Wildman–Crippen MR) is 120 cm³/mol. The van der Waals surface area contributed by atoms with Crippen LogP contribution in [0.1, 0.15) is 34.9 Å². The summed E-state index contributed by atoms with van der Waals surface area (Å²) in [4.78, 5) is 28.2. The molecule has 3 heterocycles. The Hall–Kier alpha value is -2.68. The van der Waals surface area contributed by atoms with Gasteiger partial charge >= 0.3 is 5.97 Å². The lowest BCUT2D eigenvalue weighted by Crippen LogP contribution is -2.38. The van der Waals surface area contributed by atoms with Gasteiger partial charge in [0, 0.05) is 27.4 Å². The number of ketones is 1. The van der Waals surface area contributed by atoms with E-state index in [4.69, 9.17) is 5.73 Å². The van der Waals surface area contributed by atoms with Crippen molar-refractivity contribution in [2.45, 2.75) is 36.4 Å². The SMILES string of the molecule is COC(=O)CSc1nnc(N2C(N)=C(C#N)C(c3ccc(C)s3)C3=C2CCCC3=O)s1.